The highest BCUT2D eigenvalue weighted by Crippen LogP contribution is 2.32. The van der Waals surface area contributed by atoms with E-state index in [0.29, 0.717) is 5.92 Å². The minimum absolute atomic E-state index is 0.0649. The predicted octanol–water partition coefficient (Wildman–Crippen LogP) is 3.31. The van der Waals surface area contributed by atoms with Crippen molar-refractivity contribution >= 4 is 7.12 Å². The number of hydrogen-bond donors (Lipinski definition) is 1. The average molecular weight is 242 g/mol. The van der Waals surface area contributed by atoms with Gasteiger partial charge in [0.25, 0.3) is 0 Å². The van der Waals surface area contributed by atoms with Gasteiger partial charge in [-0.1, -0.05) is 62.4 Å². The summed E-state index contributed by atoms with van der Waals surface area (Å²) in [6, 6.07) is 9.99. The first kappa shape index (κ1) is 13.1. The van der Waals surface area contributed by atoms with E-state index in [1.165, 1.54) is 0 Å². The molecule has 1 aliphatic rings. The average Bonchev–Trinajstić information content (AvgIpc) is 2.38. The van der Waals surface area contributed by atoms with Gasteiger partial charge >= 0.3 is 7.12 Å². The van der Waals surface area contributed by atoms with Gasteiger partial charge in [-0.05, 0) is 23.4 Å². The van der Waals surface area contributed by atoms with E-state index in [2.05, 4.69) is 20.4 Å². The summed E-state index contributed by atoms with van der Waals surface area (Å²) in [5.41, 5.74) is 2.88. The quantitative estimate of drug-likeness (QED) is 0.824. The first-order valence-corrected chi connectivity index (χ1v) is 6.37. The molecule has 2 nitrogen and oxygen atoms in total. The molecule has 18 heavy (non-hydrogen) atoms. The van der Waals surface area contributed by atoms with Crippen LogP contribution >= 0.6 is 0 Å². The zero-order valence-corrected chi connectivity index (χ0v) is 11.0. The highest BCUT2D eigenvalue weighted by molar-refractivity contribution is 6.54. The van der Waals surface area contributed by atoms with Crippen LogP contribution in [0.5, 0.6) is 0 Å². The molecule has 1 N–H and O–H groups in total. The van der Waals surface area contributed by atoms with Gasteiger partial charge in [0.15, 0.2) is 0 Å². The van der Waals surface area contributed by atoms with Crippen molar-refractivity contribution in [2.45, 2.75) is 26.4 Å². The van der Waals surface area contributed by atoms with E-state index in [0.717, 1.165) is 23.0 Å². The Morgan fingerprint density at radius 1 is 1.39 bits per heavy atom. The normalized spacial score (nSPS) is 19.9. The Bertz CT molecular complexity index is 451. The molecule has 94 valence electrons. The van der Waals surface area contributed by atoms with Crippen LogP contribution < -0.4 is 0 Å². The Labute approximate surface area is 109 Å². The lowest BCUT2D eigenvalue weighted by atomic mass is 9.69. The van der Waals surface area contributed by atoms with Gasteiger partial charge in [-0.3, -0.25) is 0 Å². The number of allylic oxidation sites excluding steroid dienone is 2. The lowest BCUT2D eigenvalue weighted by Crippen LogP contribution is -2.29. The van der Waals surface area contributed by atoms with E-state index in [1.54, 1.807) is 0 Å². The van der Waals surface area contributed by atoms with Crippen molar-refractivity contribution < 1.29 is 9.68 Å². The molecule has 0 radical (unpaired) electrons. The van der Waals surface area contributed by atoms with E-state index < -0.39 is 7.12 Å². The molecule has 0 spiro atoms. The molecule has 2 rings (SSSR count). The van der Waals surface area contributed by atoms with Crippen molar-refractivity contribution in [3.05, 3.63) is 59.6 Å². The number of rotatable bonds is 3. The second-order valence-electron chi connectivity index (χ2n) is 4.96. The molecule has 0 bridgehead atoms. The van der Waals surface area contributed by atoms with Crippen LogP contribution in [-0.4, -0.2) is 12.1 Å². The first-order chi connectivity index (χ1) is 8.59. The lowest BCUT2D eigenvalue weighted by Gasteiger charge is -2.27. The zero-order chi connectivity index (χ0) is 13.1. The maximum absolute atomic E-state index is 10.1. The highest BCUT2D eigenvalue weighted by atomic mass is 16.5. The molecule has 0 saturated heterocycles. The minimum atomic E-state index is -0.862. The molecule has 1 aromatic carbocycles. The third-order valence-electron chi connectivity index (χ3n) is 3.35. The molecule has 0 aromatic heterocycles. The topological polar surface area (TPSA) is 29.5 Å². The van der Waals surface area contributed by atoms with Crippen LogP contribution in [0.2, 0.25) is 0 Å². The summed E-state index contributed by atoms with van der Waals surface area (Å²) in [6.45, 7) is 8.16. The fraction of sp³-hybridized carbons (Fsp3) is 0.333. The Morgan fingerprint density at radius 2 is 2.06 bits per heavy atom. The van der Waals surface area contributed by atoms with Gasteiger partial charge < -0.3 is 9.68 Å². The second kappa shape index (κ2) is 5.55. The summed E-state index contributed by atoms with van der Waals surface area (Å²) in [6.07, 6.45) is 2.76. The van der Waals surface area contributed by atoms with Crippen LogP contribution in [0.3, 0.4) is 0 Å². The van der Waals surface area contributed by atoms with E-state index in [1.807, 2.05) is 36.4 Å². The summed E-state index contributed by atoms with van der Waals surface area (Å²) in [4.78, 5) is 0. The first-order valence-electron chi connectivity index (χ1n) is 6.37. The summed E-state index contributed by atoms with van der Waals surface area (Å²) in [5, 5.41) is 10.1. The lowest BCUT2D eigenvalue weighted by molar-refractivity contribution is 0.168. The molecule has 0 amide bonds. The standard InChI is InChI=1S/C15H19BO2/c1-11(2)12(3)14-9-10-15(18-16(14)17)13-7-5-4-6-8-13/h4-9,11,15,17H,3,10H2,1-2H3. The van der Waals surface area contributed by atoms with E-state index in [4.69, 9.17) is 4.65 Å². The van der Waals surface area contributed by atoms with Gasteiger partial charge in [0.2, 0.25) is 0 Å². The number of hydrogen-bond acceptors (Lipinski definition) is 2. The van der Waals surface area contributed by atoms with Crippen molar-refractivity contribution in [1.82, 2.24) is 0 Å². The largest absolute Gasteiger partial charge is 0.491 e. The third kappa shape index (κ3) is 2.74. The molecule has 3 heteroatoms. The van der Waals surface area contributed by atoms with Gasteiger partial charge in [-0.2, -0.15) is 0 Å². The molecule has 1 aromatic rings. The van der Waals surface area contributed by atoms with Crippen molar-refractivity contribution in [2.24, 2.45) is 5.92 Å². The molecular weight excluding hydrogens is 223 g/mol. The van der Waals surface area contributed by atoms with E-state index >= 15 is 0 Å². The fourth-order valence-corrected chi connectivity index (χ4v) is 2.12. The van der Waals surface area contributed by atoms with Crippen molar-refractivity contribution in [3.8, 4) is 0 Å². The Kier molecular flexibility index (Phi) is 4.05. The van der Waals surface area contributed by atoms with Crippen LogP contribution in [-0.2, 0) is 4.65 Å². The van der Waals surface area contributed by atoms with Crippen molar-refractivity contribution in [2.75, 3.05) is 0 Å². The highest BCUT2D eigenvalue weighted by Gasteiger charge is 2.31. The van der Waals surface area contributed by atoms with Gasteiger partial charge in [0.05, 0.1) is 6.10 Å². The van der Waals surface area contributed by atoms with Gasteiger partial charge in [0.1, 0.15) is 0 Å². The summed E-state index contributed by atoms with van der Waals surface area (Å²) >= 11 is 0. The van der Waals surface area contributed by atoms with Crippen LogP contribution in [0.25, 0.3) is 0 Å². The predicted molar refractivity (Wildman–Crippen MR) is 74.9 cm³/mol. The Hall–Kier alpha value is -1.32. The van der Waals surface area contributed by atoms with Crippen LogP contribution in [0.1, 0.15) is 31.9 Å². The van der Waals surface area contributed by atoms with Gasteiger partial charge in [-0.25, -0.2) is 0 Å². The fourth-order valence-electron chi connectivity index (χ4n) is 2.12. The SMILES string of the molecule is C=C(C1=CCC(c2ccccc2)OB1O)C(C)C. The smallest absolute Gasteiger partial charge is 0.423 e. The molecule has 1 atom stereocenters. The summed E-state index contributed by atoms with van der Waals surface area (Å²) in [7, 11) is -0.862. The van der Waals surface area contributed by atoms with Gasteiger partial charge in [-0.15, -0.1) is 0 Å². The molecule has 0 fully saturated rings. The molecule has 1 aliphatic heterocycles. The van der Waals surface area contributed by atoms with E-state index in [-0.39, 0.29) is 6.10 Å². The third-order valence-corrected chi connectivity index (χ3v) is 3.35. The molecule has 1 unspecified atom stereocenters. The molecule has 0 aliphatic carbocycles. The minimum Gasteiger partial charge on any atom is -0.423 e. The summed E-state index contributed by atoms with van der Waals surface area (Å²) < 4.78 is 5.68. The molecular formula is C15H19BO2. The van der Waals surface area contributed by atoms with Crippen LogP contribution in [0.15, 0.2) is 54.0 Å². The number of benzene rings is 1. The maximum Gasteiger partial charge on any atom is 0.491 e. The van der Waals surface area contributed by atoms with Gasteiger partial charge in [0, 0.05) is 0 Å². The zero-order valence-electron chi connectivity index (χ0n) is 11.0. The Balaban J connectivity index is 2.14. The monoisotopic (exact) mass is 242 g/mol. The maximum atomic E-state index is 10.1. The Morgan fingerprint density at radius 3 is 2.61 bits per heavy atom. The van der Waals surface area contributed by atoms with Crippen LogP contribution in [0.4, 0.5) is 0 Å². The van der Waals surface area contributed by atoms with E-state index in [9.17, 15) is 5.02 Å². The van der Waals surface area contributed by atoms with Crippen LogP contribution in [0, 0.1) is 5.92 Å². The molecule has 0 saturated carbocycles. The summed E-state index contributed by atoms with van der Waals surface area (Å²) in [5.74, 6) is 0.322. The van der Waals surface area contributed by atoms with Crippen molar-refractivity contribution in [1.29, 1.82) is 0 Å². The molecule has 1 heterocycles. The van der Waals surface area contributed by atoms with Crippen molar-refractivity contribution in [3.63, 3.8) is 0 Å². The second-order valence-corrected chi connectivity index (χ2v) is 4.96.